The summed E-state index contributed by atoms with van der Waals surface area (Å²) in [6, 6.07) is 5.11. The van der Waals surface area contributed by atoms with Gasteiger partial charge in [0.2, 0.25) is 0 Å². The minimum Gasteiger partial charge on any atom is -0.478 e. The highest BCUT2D eigenvalue weighted by molar-refractivity contribution is 5.95. The fraction of sp³-hybridized carbons (Fsp3) is 0.167. The summed E-state index contributed by atoms with van der Waals surface area (Å²) in [7, 11) is 0. The van der Waals surface area contributed by atoms with E-state index in [0.717, 1.165) is 5.82 Å². The number of aryl methyl sites for hydroxylation is 1. The smallest absolute Gasteiger partial charge is 0.338 e. The minimum atomic E-state index is -1.00. The highest BCUT2D eigenvalue weighted by atomic mass is 16.4. The van der Waals surface area contributed by atoms with Crippen LogP contribution in [0.4, 0.5) is 5.69 Å². The first-order valence-corrected chi connectivity index (χ1v) is 5.18. The van der Waals surface area contributed by atoms with Crippen LogP contribution in [0.3, 0.4) is 0 Å². The van der Waals surface area contributed by atoms with E-state index in [1.807, 2.05) is 17.7 Å². The lowest BCUT2D eigenvalue weighted by molar-refractivity contribution is 0.0696. The highest BCUT2D eigenvalue weighted by Crippen LogP contribution is 2.18. The summed E-state index contributed by atoms with van der Waals surface area (Å²) >= 11 is 0. The largest absolute Gasteiger partial charge is 0.478 e. The van der Waals surface area contributed by atoms with Crippen LogP contribution in [0.25, 0.3) is 0 Å². The number of anilines is 1. The highest BCUT2D eigenvalue weighted by Gasteiger charge is 2.14. The maximum atomic E-state index is 11.2. The van der Waals surface area contributed by atoms with Crippen LogP contribution in [-0.2, 0) is 6.54 Å². The molecule has 2 aromatic rings. The lowest BCUT2D eigenvalue weighted by Crippen LogP contribution is -2.10. The van der Waals surface area contributed by atoms with Crippen molar-refractivity contribution in [1.29, 1.82) is 0 Å². The van der Waals surface area contributed by atoms with E-state index in [9.17, 15) is 4.79 Å². The van der Waals surface area contributed by atoms with Gasteiger partial charge in [-0.3, -0.25) is 0 Å². The molecule has 0 amide bonds. The first-order chi connectivity index (χ1) is 8.09. The number of hydrogen-bond donors (Lipinski definition) is 2. The number of carboxylic acids is 1. The molecule has 0 saturated heterocycles. The van der Waals surface area contributed by atoms with Gasteiger partial charge in [0.25, 0.3) is 0 Å². The number of aromatic carboxylic acids is 1. The van der Waals surface area contributed by atoms with E-state index in [-0.39, 0.29) is 11.3 Å². The van der Waals surface area contributed by atoms with Gasteiger partial charge in [-0.15, -0.1) is 0 Å². The summed E-state index contributed by atoms with van der Waals surface area (Å²) in [5, 5.41) is 9.14. The average molecular weight is 231 g/mol. The van der Waals surface area contributed by atoms with Crippen LogP contribution in [-0.4, -0.2) is 20.6 Å². The van der Waals surface area contributed by atoms with Crippen molar-refractivity contribution in [2.24, 2.45) is 0 Å². The zero-order valence-corrected chi connectivity index (χ0v) is 9.42. The van der Waals surface area contributed by atoms with E-state index in [1.54, 1.807) is 24.4 Å². The van der Waals surface area contributed by atoms with Crippen LogP contribution in [0.1, 0.15) is 21.7 Å². The number of rotatable bonds is 3. The SMILES string of the molecule is Cc1nccn1Cc1cccc(N)c1C(=O)O. The molecule has 1 heterocycles. The number of nitrogens with zero attached hydrogens (tertiary/aromatic N) is 2. The third kappa shape index (κ3) is 2.13. The summed E-state index contributed by atoms with van der Waals surface area (Å²) < 4.78 is 1.88. The molecule has 0 aliphatic carbocycles. The predicted molar refractivity (Wildman–Crippen MR) is 63.9 cm³/mol. The van der Waals surface area contributed by atoms with Crippen LogP contribution >= 0.6 is 0 Å². The maximum absolute atomic E-state index is 11.2. The number of carbonyl (C=O) groups is 1. The molecule has 1 aromatic heterocycles. The Hall–Kier alpha value is -2.30. The molecule has 0 saturated carbocycles. The van der Waals surface area contributed by atoms with Crippen LogP contribution in [0.5, 0.6) is 0 Å². The van der Waals surface area contributed by atoms with E-state index < -0.39 is 5.97 Å². The van der Waals surface area contributed by atoms with Gasteiger partial charge in [0, 0.05) is 24.6 Å². The van der Waals surface area contributed by atoms with Crippen molar-refractivity contribution >= 4 is 11.7 Å². The lowest BCUT2D eigenvalue weighted by Gasteiger charge is -2.10. The summed E-state index contributed by atoms with van der Waals surface area (Å²) in [4.78, 5) is 15.2. The number of imidazole rings is 1. The molecule has 0 aliphatic heterocycles. The Morgan fingerprint density at radius 3 is 2.88 bits per heavy atom. The molecular formula is C12H13N3O2. The van der Waals surface area contributed by atoms with Gasteiger partial charge in [-0.1, -0.05) is 12.1 Å². The van der Waals surface area contributed by atoms with Gasteiger partial charge in [0.1, 0.15) is 5.82 Å². The zero-order valence-electron chi connectivity index (χ0n) is 9.42. The Labute approximate surface area is 98.5 Å². The zero-order chi connectivity index (χ0) is 12.4. The Balaban J connectivity index is 2.43. The predicted octanol–water partition coefficient (Wildman–Crippen LogP) is 1.52. The van der Waals surface area contributed by atoms with Crippen molar-refractivity contribution in [3.63, 3.8) is 0 Å². The fourth-order valence-corrected chi connectivity index (χ4v) is 1.77. The average Bonchev–Trinajstić information content (AvgIpc) is 2.64. The quantitative estimate of drug-likeness (QED) is 0.785. The first-order valence-electron chi connectivity index (χ1n) is 5.18. The lowest BCUT2D eigenvalue weighted by atomic mass is 10.1. The molecule has 0 bridgehead atoms. The second kappa shape index (κ2) is 4.29. The Morgan fingerprint density at radius 2 is 2.29 bits per heavy atom. The van der Waals surface area contributed by atoms with Gasteiger partial charge >= 0.3 is 5.97 Å². The van der Waals surface area contributed by atoms with Crippen LogP contribution in [0.15, 0.2) is 30.6 Å². The van der Waals surface area contributed by atoms with Crippen LogP contribution < -0.4 is 5.73 Å². The molecule has 0 aliphatic rings. The summed E-state index contributed by atoms with van der Waals surface area (Å²) in [6.45, 7) is 2.32. The minimum absolute atomic E-state index is 0.167. The van der Waals surface area contributed by atoms with Crippen LogP contribution in [0.2, 0.25) is 0 Å². The molecule has 2 rings (SSSR count). The van der Waals surface area contributed by atoms with Crippen molar-refractivity contribution in [2.75, 3.05) is 5.73 Å². The third-order valence-electron chi connectivity index (χ3n) is 2.66. The molecular weight excluding hydrogens is 218 g/mol. The van der Waals surface area contributed by atoms with Gasteiger partial charge in [0.15, 0.2) is 0 Å². The number of nitrogen functional groups attached to an aromatic ring is 1. The molecule has 88 valence electrons. The van der Waals surface area contributed by atoms with Crippen molar-refractivity contribution < 1.29 is 9.90 Å². The van der Waals surface area contributed by atoms with E-state index in [4.69, 9.17) is 10.8 Å². The molecule has 0 fully saturated rings. The van der Waals surface area contributed by atoms with Gasteiger partial charge in [0.05, 0.1) is 5.56 Å². The molecule has 5 heteroatoms. The number of aromatic nitrogens is 2. The topological polar surface area (TPSA) is 81.1 Å². The summed E-state index contributed by atoms with van der Waals surface area (Å²) in [5.41, 5.74) is 6.82. The maximum Gasteiger partial charge on any atom is 0.338 e. The molecule has 0 unspecified atom stereocenters. The van der Waals surface area contributed by atoms with E-state index in [2.05, 4.69) is 4.98 Å². The summed E-state index contributed by atoms with van der Waals surface area (Å²) in [6.07, 6.45) is 3.49. The third-order valence-corrected chi connectivity index (χ3v) is 2.66. The molecule has 3 N–H and O–H groups in total. The normalized spacial score (nSPS) is 10.4. The molecule has 0 atom stereocenters. The van der Waals surface area contributed by atoms with Gasteiger partial charge in [-0.2, -0.15) is 0 Å². The molecule has 0 spiro atoms. The number of carboxylic acid groups (broad SMARTS) is 1. The van der Waals surface area contributed by atoms with Crippen LogP contribution in [0, 0.1) is 6.92 Å². The second-order valence-electron chi connectivity index (χ2n) is 3.79. The Morgan fingerprint density at radius 1 is 1.53 bits per heavy atom. The van der Waals surface area contributed by atoms with E-state index >= 15 is 0 Å². The molecule has 5 nitrogen and oxygen atoms in total. The van der Waals surface area contributed by atoms with Crippen molar-refractivity contribution in [2.45, 2.75) is 13.5 Å². The standard InChI is InChI=1S/C12H13N3O2/c1-8-14-5-6-15(8)7-9-3-2-4-10(13)11(9)12(16)17/h2-6H,7,13H2,1H3,(H,16,17). The molecule has 17 heavy (non-hydrogen) atoms. The number of nitrogens with two attached hydrogens (primary N) is 1. The van der Waals surface area contributed by atoms with Crippen molar-refractivity contribution in [1.82, 2.24) is 9.55 Å². The Bertz CT molecular complexity index is 561. The number of hydrogen-bond acceptors (Lipinski definition) is 3. The second-order valence-corrected chi connectivity index (χ2v) is 3.79. The van der Waals surface area contributed by atoms with Crippen molar-refractivity contribution in [3.8, 4) is 0 Å². The van der Waals surface area contributed by atoms with Gasteiger partial charge in [-0.05, 0) is 18.6 Å². The van der Waals surface area contributed by atoms with E-state index in [0.29, 0.717) is 12.1 Å². The number of benzene rings is 1. The monoisotopic (exact) mass is 231 g/mol. The Kier molecular flexibility index (Phi) is 2.82. The molecule has 1 aromatic carbocycles. The van der Waals surface area contributed by atoms with Gasteiger partial charge in [-0.25, -0.2) is 9.78 Å². The summed E-state index contributed by atoms with van der Waals surface area (Å²) in [5.74, 6) is -0.167. The molecule has 0 radical (unpaired) electrons. The van der Waals surface area contributed by atoms with Crippen molar-refractivity contribution in [3.05, 3.63) is 47.5 Å². The van der Waals surface area contributed by atoms with E-state index in [1.165, 1.54) is 0 Å². The fourth-order valence-electron chi connectivity index (χ4n) is 1.77. The van der Waals surface area contributed by atoms with Gasteiger partial charge < -0.3 is 15.4 Å². The first kappa shape index (κ1) is 11.2.